The van der Waals surface area contributed by atoms with E-state index in [1.807, 2.05) is 13.8 Å². The zero-order chi connectivity index (χ0) is 13.9. The van der Waals surface area contributed by atoms with E-state index in [0.29, 0.717) is 0 Å². The summed E-state index contributed by atoms with van der Waals surface area (Å²) >= 11 is 0. The van der Waals surface area contributed by atoms with Crippen molar-refractivity contribution in [3.05, 3.63) is 17.1 Å². The molecule has 0 bridgehead atoms. The average Bonchev–Trinajstić information content (AvgIpc) is 2.44. The van der Waals surface area contributed by atoms with Gasteiger partial charge in [0.2, 0.25) is 0 Å². The van der Waals surface area contributed by atoms with Gasteiger partial charge in [0.15, 0.2) is 5.82 Å². The Morgan fingerprint density at radius 3 is 2.63 bits per heavy atom. The molecule has 1 aromatic rings. The van der Waals surface area contributed by atoms with E-state index in [1.54, 1.807) is 7.11 Å². The number of fused-ring (bicyclic) bond motifs is 1. The Labute approximate surface area is 116 Å². The Hall–Kier alpha value is -1.16. The van der Waals surface area contributed by atoms with Gasteiger partial charge in [-0.15, -0.1) is 0 Å². The number of aromatic nitrogens is 2. The maximum Gasteiger partial charge on any atom is 0.162 e. The molecule has 1 aliphatic carbocycles. The molecule has 0 atom stereocenters. The summed E-state index contributed by atoms with van der Waals surface area (Å²) in [6.07, 6.45) is 5.72. The smallest absolute Gasteiger partial charge is 0.162 e. The highest BCUT2D eigenvalue weighted by Gasteiger charge is 2.27. The molecule has 0 aliphatic heterocycles. The minimum atomic E-state index is -0.435. The van der Waals surface area contributed by atoms with Crippen LogP contribution < -0.4 is 5.32 Å². The highest BCUT2D eigenvalue weighted by Crippen LogP contribution is 2.29. The third kappa shape index (κ3) is 3.06. The lowest BCUT2D eigenvalue weighted by Gasteiger charge is -2.26. The number of hydrogen-bond donors (Lipinski definition) is 1. The van der Waals surface area contributed by atoms with Crippen molar-refractivity contribution in [3.8, 4) is 0 Å². The lowest BCUT2D eigenvalue weighted by molar-refractivity contribution is 0.0113. The predicted molar refractivity (Wildman–Crippen MR) is 77.5 cm³/mol. The van der Waals surface area contributed by atoms with Crippen molar-refractivity contribution in [3.63, 3.8) is 0 Å². The van der Waals surface area contributed by atoms with Crippen molar-refractivity contribution in [1.82, 2.24) is 9.97 Å². The summed E-state index contributed by atoms with van der Waals surface area (Å²) in [6, 6.07) is 0. The average molecular weight is 263 g/mol. The van der Waals surface area contributed by atoms with Gasteiger partial charge in [-0.2, -0.15) is 0 Å². The van der Waals surface area contributed by atoms with Crippen LogP contribution in [-0.4, -0.2) is 23.6 Å². The lowest BCUT2D eigenvalue weighted by atomic mass is 9.95. The van der Waals surface area contributed by atoms with Crippen molar-refractivity contribution in [2.24, 2.45) is 0 Å². The van der Waals surface area contributed by atoms with Crippen LogP contribution in [0.2, 0.25) is 0 Å². The Balaban J connectivity index is 2.41. The summed E-state index contributed by atoms with van der Waals surface area (Å²) in [5, 5.41) is 3.45. The van der Waals surface area contributed by atoms with E-state index in [2.05, 4.69) is 12.2 Å². The van der Waals surface area contributed by atoms with E-state index >= 15 is 0 Å². The summed E-state index contributed by atoms with van der Waals surface area (Å²) < 4.78 is 5.52. The summed E-state index contributed by atoms with van der Waals surface area (Å²) in [6.45, 7) is 7.15. The van der Waals surface area contributed by atoms with Crippen LogP contribution in [0.15, 0.2) is 0 Å². The molecule has 4 nitrogen and oxygen atoms in total. The molecule has 0 unspecified atom stereocenters. The molecule has 2 rings (SSSR count). The molecule has 1 aliphatic rings. The van der Waals surface area contributed by atoms with Crippen LogP contribution in [0.4, 0.5) is 5.82 Å². The van der Waals surface area contributed by atoms with E-state index in [1.165, 1.54) is 24.1 Å². The van der Waals surface area contributed by atoms with Crippen LogP contribution in [0.25, 0.3) is 0 Å². The summed E-state index contributed by atoms with van der Waals surface area (Å²) in [4.78, 5) is 9.47. The topological polar surface area (TPSA) is 47.0 Å². The minimum Gasteiger partial charge on any atom is -0.371 e. The minimum absolute atomic E-state index is 0.435. The predicted octanol–water partition coefficient (Wildman–Crippen LogP) is 3.06. The van der Waals surface area contributed by atoms with Gasteiger partial charge in [0.05, 0.1) is 0 Å². The Kier molecular flexibility index (Phi) is 4.40. The van der Waals surface area contributed by atoms with Gasteiger partial charge in [-0.1, -0.05) is 6.92 Å². The standard InChI is InChI=1S/C15H25N3O/c1-5-10-16-13-11-8-6-7-9-12(11)17-14(18-13)15(2,3)19-4/h5-10H2,1-4H3,(H,16,17,18). The van der Waals surface area contributed by atoms with Gasteiger partial charge in [-0.25, -0.2) is 9.97 Å². The van der Waals surface area contributed by atoms with Gasteiger partial charge < -0.3 is 10.1 Å². The molecule has 4 heteroatoms. The van der Waals surface area contributed by atoms with E-state index < -0.39 is 5.60 Å². The largest absolute Gasteiger partial charge is 0.371 e. The lowest BCUT2D eigenvalue weighted by Crippen LogP contribution is -2.26. The van der Waals surface area contributed by atoms with Crippen LogP contribution in [0.5, 0.6) is 0 Å². The summed E-state index contributed by atoms with van der Waals surface area (Å²) in [5.41, 5.74) is 2.09. The second-order valence-corrected chi connectivity index (χ2v) is 5.67. The van der Waals surface area contributed by atoms with Gasteiger partial charge in [-0.3, -0.25) is 0 Å². The Bertz CT molecular complexity index is 443. The van der Waals surface area contributed by atoms with Crippen LogP contribution in [0, 0.1) is 0 Å². The second-order valence-electron chi connectivity index (χ2n) is 5.67. The van der Waals surface area contributed by atoms with Gasteiger partial charge in [0.1, 0.15) is 11.4 Å². The fourth-order valence-corrected chi connectivity index (χ4v) is 2.34. The first-order chi connectivity index (χ1) is 9.08. The molecule has 0 amide bonds. The third-order valence-electron chi connectivity index (χ3n) is 3.77. The monoisotopic (exact) mass is 263 g/mol. The van der Waals surface area contributed by atoms with E-state index in [0.717, 1.165) is 37.4 Å². The van der Waals surface area contributed by atoms with Gasteiger partial charge in [-0.05, 0) is 46.0 Å². The van der Waals surface area contributed by atoms with Crippen LogP contribution in [0.3, 0.4) is 0 Å². The molecule has 0 saturated heterocycles. The number of ether oxygens (including phenoxy) is 1. The summed E-state index contributed by atoms with van der Waals surface area (Å²) in [5.74, 6) is 1.81. The zero-order valence-electron chi connectivity index (χ0n) is 12.5. The number of nitrogens with one attached hydrogen (secondary N) is 1. The number of nitrogens with zero attached hydrogens (tertiary/aromatic N) is 2. The number of methoxy groups -OCH3 is 1. The Morgan fingerprint density at radius 1 is 1.21 bits per heavy atom. The SMILES string of the molecule is CCCNc1nc(C(C)(C)OC)nc2c1CCCC2. The van der Waals surface area contributed by atoms with Crippen molar-refractivity contribution in [2.45, 2.75) is 58.5 Å². The first kappa shape index (κ1) is 14.3. The molecule has 106 valence electrons. The highest BCUT2D eigenvalue weighted by molar-refractivity contribution is 5.48. The molecular formula is C15H25N3O. The molecule has 1 aromatic heterocycles. The van der Waals surface area contributed by atoms with Gasteiger partial charge in [0.25, 0.3) is 0 Å². The number of aryl methyl sites for hydroxylation is 1. The molecular weight excluding hydrogens is 238 g/mol. The van der Waals surface area contributed by atoms with E-state index in [4.69, 9.17) is 14.7 Å². The van der Waals surface area contributed by atoms with Crippen LogP contribution in [0.1, 0.15) is 57.1 Å². The number of anilines is 1. The molecule has 0 spiro atoms. The number of rotatable bonds is 5. The molecule has 0 fully saturated rings. The molecule has 0 saturated carbocycles. The normalized spacial score (nSPS) is 15.2. The molecule has 19 heavy (non-hydrogen) atoms. The van der Waals surface area contributed by atoms with Crippen molar-refractivity contribution in [2.75, 3.05) is 19.0 Å². The molecule has 0 radical (unpaired) electrons. The fourth-order valence-electron chi connectivity index (χ4n) is 2.34. The Morgan fingerprint density at radius 2 is 1.95 bits per heavy atom. The maximum absolute atomic E-state index is 5.52. The number of hydrogen-bond acceptors (Lipinski definition) is 4. The molecule has 1 heterocycles. The van der Waals surface area contributed by atoms with Crippen molar-refractivity contribution in [1.29, 1.82) is 0 Å². The van der Waals surface area contributed by atoms with E-state index in [-0.39, 0.29) is 0 Å². The zero-order valence-corrected chi connectivity index (χ0v) is 12.5. The van der Waals surface area contributed by atoms with Gasteiger partial charge >= 0.3 is 0 Å². The molecule has 1 N–H and O–H groups in total. The molecule has 0 aromatic carbocycles. The quantitative estimate of drug-likeness (QED) is 0.887. The van der Waals surface area contributed by atoms with Crippen LogP contribution in [-0.2, 0) is 23.2 Å². The van der Waals surface area contributed by atoms with Gasteiger partial charge in [0, 0.05) is 24.9 Å². The van der Waals surface area contributed by atoms with Crippen molar-refractivity contribution < 1.29 is 4.74 Å². The third-order valence-corrected chi connectivity index (χ3v) is 3.77. The second kappa shape index (κ2) is 5.87. The van der Waals surface area contributed by atoms with Crippen LogP contribution >= 0.6 is 0 Å². The van der Waals surface area contributed by atoms with Crippen molar-refractivity contribution >= 4 is 5.82 Å². The highest BCUT2D eigenvalue weighted by atomic mass is 16.5. The summed E-state index contributed by atoms with van der Waals surface area (Å²) in [7, 11) is 1.71. The first-order valence-electron chi connectivity index (χ1n) is 7.27. The van der Waals surface area contributed by atoms with E-state index in [9.17, 15) is 0 Å². The maximum atomic E-state index is 5.52. The first-order valence-corrected chi connectivity index (χ1v) is 7.27. The fraction of sp³-hybridized carbons (Fsp3) is 0.733.